The van der Waals surface area contributed by atoms with Crippen LogP contribution in [0.5, 0.6) is 5.75 Å². The van der Waals surface area contributed by atoms with Gasteiger partial charge in [-0.1, -0.05) is 84.9 Å². The number of hydrogen-bond donors (Lipinski definition) is 4. The summed E-state index contributed by atoms with van der Waals surface area (Å²) in [6.45, 7) is 0.204. The minimum Gasteiger partial charge on any atom is -0.493 e. The highest BCUT2D eigenvalue weighted by Crippen LogP contribution is 2.34. The molecule has 4 rings (SSSR count). The number of nitrogens with one attached hydrogen (secondary N) is 1. The predicted molar refractivity (Wildman–Crippen MR) is 155 cm³/mol. The molecule has 0 unspecified atom stereocenters. The van der Waals surface area contributed by atoms with E-state index in [4.69, 9.17) is 9.94 Å². The van der Waals surface area contributed by atoms with Crippen molar-refractivity contribution in [2.24, 2.45) is 0 Å². The van der Waals surface area contributed by atoms with Crippen LogP contribution in [0, 0.1) is 0 Å². The van der Waals surface area contributed by atoms with Gasteiger partial charge in [0.1, 0.15) is 5.75 Å². The van der Waals surface area contributed by atoms with Crippen LogP contribution in [0.4, 0.5) is 0 Å². The van der Waals surface area contributed by atoms with E-state index in [-0.39, 0.29) is 30.9 Å². The number of hydroxylamine groups is 1. The van der Waals surface area contributed by atoms with Gasteiger partial charge in [-0.3, -0.25) is 19.7 Å². The summed E-state index contributed by atoms with van der Waals surface area (Å²) in [5, 5.41) is 31.8. The van der Waals surface area contributed by atoms with Crippen molar-refractivity contribution < 1.29 is 29.7 Å². The molecule has 0 fully saturated rings. The van der Waals surface area contributed by atoms with E-state index < -0.39 is 17.7 Å². The zero-order valence-corrected chi connectivity index (χ0v) is 22.6. The van der Waals surface area contributed by atoms with Crippen LogP contribution in [0.1, 0.15) is 47.2 Å². The Morgan fingerprint density at radius 1 is 0.732 bits per heavy atom. The van der Waals surface area contributed by atoms with Crippen molar-refractivity contribution in [2.45, 2.75) is 38.1 Å². The number of rotatable bonds is 13. The molecule has 0 heterocycles. The molecule has 0 radical (unpaired) electrons. The third-order valence-electron chi connectivity index (χ3n) is 6.72. The number of aliphatic hydroxyl groups is 2. The maximum Gasteiger partial charge on any atom is 0.281 e. The number of ether oxygens (including phenoxy) is 1. The maximum atomic E-state index is 13.9. The van der Waals surface area contributed by atoms with Gasteiger partial charge in [0, 0.05) is 12.0 Å². The van der Waals surface area contributed by atoms with Crippen LogP contribution in [0.25, 0.3) is 11.1 Å². The highest BCUT2D eigenvalue weighted by molar-refractivity contribution is 5.95. The third kappa shape index (κ3) is 7.79. The lowest BCUT2D eigenvalue weighted by atomic mass is 10.0. The van der Waals surface area contributed by atoms with Gasteiger partial charge in [0.25, 0.3) is 11.8 Å². The number of nitrogens with zero attached hydrogens (tertiary/aromatic N) is 1. The molecule has 4 aromatic rings. The molecule has 0 atom stereocenters. The number of unbranched alkanes of at least 4 members (excludes halogenated alkanes) is 2. The summed E-state index contributed by atoms with van der Waals surface area (Å²) in [4.78, 5) is 26.1. The fourth-order valence-electron chi connectivity index (χ4n) is 4.50. The van der Waals surface area contributed by atoms with Crippen molar-refractivity contribution in [1.82, 2.24) is 10.4 Å². The summed E-state index contributed by atoms with van der Waals surface area (Å²) < 4.78 is 5.90. The molecule has 0 saturated heterocycles. The molecule has 0 aromatic heterocycles. The molecule has 0 bridgehead atoms. The van der Waals surface area contributed by atoms with Crippen LogP contribution >= 0.6 is 0 Å². The zero-order chi connectivity index (χ0) is 29.1. The SMILES string of the molecule is O=C(CCCCCOc1ccccc1C(O)(O)N(Cc1ccccc1)C(=O)c1ccc(-c2ccccc2)cc1)NO. The van der Waals surface area contributed by atoms with Gasteiger partial charge in [0.05, 0.1) is 18.7 Å². The van der Waals surface area contributed by atoms with E-state index in [9.17, 15) is 19.8 Å². The molecule has 0 aliphatic rings. The normalized spacial score (nSPS) is 11.1. The Bertz CT molecular complexity index is 1410. The van der Waals surface area contributed by atoms with E-state index in [0.717, 1.165) is 21.6 Å². The molecule has 212 valence electrons. The smallest absolute Gasteiger partial charge is 0.281 e. The van der Waals surface area contributed by atoms with Gasteiger partial charge >= 0.3 is 0 Å². The lowest BCUT2D eigenvalue weighted by Crippen LogP contribution is -2.49. The molecule has 8 nitrogen and oxygen atoms in total. The number of benzene rings is 4. The van der Waals surface area contributed by atoms with Crippen LogP contribution in [0.2, 0.25) is 0 Å². The van der Waals surface area contributed by atoms with Crippen molar-refractivity contribution >= 4 is 11.8 Å². The van der Waals surface area contributed by atoms with Crippen molar-refractivity contribution in [3.05, 3.63) is 126 Å². The molecular formula is C33H34N2O6. The highest BCUT2D eigenvalue weighted by Gasteiger charge is 2.40. The predicted octanol–water partition coefficient (Wildman–Crippen LogP) is 5.24. The standard InChI is InChI=1S/C33H34N2O6/c36-31(34-40)18-8-3-11-23-41-30-17-10-9-16-29(30)33(38,39)35(24-25-12-4-1-5-13-25)32(37)28-21-19-27(20-22-28)26-14-6-2-7-15-26/h1-2,4-7,9-10,12-17,19-22,38-40H,3,8,11,18,23-24H2,(H,34,36). The molecule has 0 aliphatic heterocycles. The molecule has 0 saturated carbocycles. The molecule has 0 spiro atoms. The van der Waals surface area contributed by atoms with Crippen molar-refractivity contribution in [2.75, 3.05) is 6.61 Å². The minimum atomic E-state index is -2.69. The summed E-state index contributed by atoms with van der Waals surface area (Å²) in [7, 11) is 0. The summed E-state index contributed by atoms with van der Waals surface area (Å²) in [6, 6.07) is 32.4. The van der Waals surface area contributed by atoms with Crippen molar-refractivity contribution in [3.63, 3.8) is 0 Å². The summed E-state index contributed by atoms with van der Waals surface area (Å²) in [5.41, 5.74) is 4.61. The van der Waals surface area contributed by atoms with Crippen LogP contribution in [-0.4, -0.2) is 38.7 Å². The van der Waals surface area contributed by atoms with Gasteiger partial charge in [0.2, 0.25) is 5.91 Å². The Morgan fingerprint density at radius 3 is 2.02 bits per heavy atom. The van der Waals surface area contributed by atoms with Gasteiger partial charge in [-0.25, -0.2) is 5.48 Å². The van der Waals surface area contributed by atoms with Crippen LogP contribution in [0.3, 0.4) is 0 Å². The first-order chi connectivity index (χ1) is 19.9. The fraction of sp³-hybridized carbons (Fsp3) is 0.212. The van der Waals surface area contributed by atoms with Gasteiger partial charge < -0.3 is 14.9 Å². The van der Waals surface area contributed by atoms with Crippen LogP contribution in [-0.2, 0) is 17.3 Å². The molecular weight excluding hydrogens is 520 g/mol. The summed E-state index contributed by atoms with van der Waals surface area (Å²) in [6.07, 6.45) is 2.06. The molecule has 8 heteroatoms. The monoisotopic (exact) mass is 554 g/mol. The first kappa shape index (κ1) is 29.5. The third-order valence-corrected chi connectivity index (χ3v) is 6.72. The Balaban J connectivity index is 1.57. The van der Waals surface area contributed by atoms with E-state index in [1.807, 2.05) is 72.8 Å². The number of para-hydroxylation sites is 1. The highest BCUT2D eigenvalue weighted by atomic mass is 16.5. The molecule has 2 amide bonds. The number of carbonyl (C=O) groups excluding carboxylic acids is 2. The minimum absolute atomic E-state index is 0.0323. The number of hydrogen-bond acceptors (Lipinski definition) is 6. The average Bonchev–Trinajstić information content (AvgIpc) is 3.02. The summed E-state index contributed by atoms with van der Waals surface area (Å²) >= 11 is 0. The van der Waals surface area contributed by atoms with Gasteiger partial charge in [-0.15, -0.1) is 0 Å². The van der Waals surface area contributed by atoms with E-state index >= 15 is 0 Å². The summed E-state index contributed by atoms with van der Waals surface area (Å²) in [5.74, 6) is -3.47. The van der Waals surface area contributed by atoms with Crippen LogP contribution in [0.15, 0.2) is 109 Å². The Morgan fingerprint density at radius 2 is 1.34 bits per heavy atom. The second kappa shape index (κ2) is 14.2. The Labute approximate surface area is 239 Å². The lowest BCUT2D eigenvalue weighted by Gasteiger charge is -2.36. The maximum absolute atomic E-state index is 13.9. The lowest BCUT2D eigenvalue weighted by molar-refractivity contribution is -0.259. The van der Waals surface area contributed by atoms with Gasteiger partial charge in [-0.05, 0) is 60.2 Å². The first-order valence-corrected chi connectivity index (χ1v) is 13.5. The Hall–Kier alpha value is -4.50. The number of amides is 2. The molecule has 4 N–H and O–H groups in total. The quantitative estimate of drug-likeness (QED) is 0.0777. The zero-order valence-electron chi connectivity index (χ0n) is 22.6. The molecule has 0 aliphatic carbocycles. The second-order valence-corrected chi connectivity index (χ2v) is 9.65. The van der Waals surface area contributed by atoms with Crippen molar-refractivity contribution in [3.8, 4) is 16.9 Å². The topological polar surface area (TPSA) is 119 Å². The molecule has 4 aromatic carbocycles. The Kier molecular flexibility index (Phi) is 10.2. The fourth-order valence-corrected chi connectivity index (χ4v) is 4.50. The first-order valence-electron chi connectivity index (χ1n) is 13.5. The van der Waals surface area contributed by atoms with E-state index in [1.165, 1.54) is 6.07 Å². The van der Waals surface area contributed by atoms with Crippen LogP contribution < -0.4 is 10.2 Å². The molecule has 41 heavy (non-hydrogen) atoms. The van der Waals surface area contributed by atoms with Gasteiger partial charge in [0.15, 0.2) is 0 Å². The van der Waals surface area contributed by atoms with E-state index in [0.29, 0.717) is 24.8 Å². The second-order valence-electron chi connectivity index (χ2n) is 9.65. The van der Waals surface area contributed by atoms with E-state index in [1.54, 1.807) is 35.8 Å². The number of carbonyl (C=O) groups is 2. The van der Waals surface area contributed by atoms with E-state index in [2.05, 4.69) is 0 Å². The van der Waals surface area contributed by atoms with Crippen molar-refractivity contribution in [1.29, 1.82) is 0 Å². The van der Waals surface area contributed by atoms with Gasteiger partial charge in [-0.2, -0.15) is 0 Å². The largest absolute Gasteiger partial charge is 0.493 e. The average molecular weight is 555 g/mol.